The summed E-state index contributed by atoms with van der Waals surface area (Å²) >= 11 is 0. The van der Waals surface area contributed by atoms with Gasteiger partial charge in [-0.3, -0.25) is 0 Å². The van der Waals surface area contributed by atoms with E-state index in [4.69, 9.17) is 17.6 Å². The highest BCUT2D eigenvalue weighted by atomic mass is 16.6. The van der Waals surface area contributed by atoms with E-state index in [1.54, 1.807) is 13.8 Å². The van der Waals surface area contributed by atoms with Crippen LogP contribution in [0.25, 0.3) is 0 Å². The lowest BCUT2D eigenvalue weighted by molar-refractivity contribution is -0.145. The van der Waals surface area contributed by atoms with Crippen molar-refractivity contribution in [2.24, 2.45) is 5.92 Å². The Bertz CT molecular complexity index is 197. The van der Waals surface area contributed by atoms with Gasteiger partial charge in [-0.25, -0.2) is 0 Å². The molecular weight excluding hydrogens is 152 g/mol. The summed E-state index contributed by atoms with van der Waals surface area (Å²) < 4.78 is 5.11. The van der Waals surface area contributed by atoms with Crippen LogP contribution >= 0.6 is 0 Å². The highest BCUT2D eigenvalue weighted by Crippen LogP contribution is 2.07. The first-order valence-electron chi connectivity index (χ1n) is 3.85. The molecule has 12 heavy (non-hydrogen) atoms. The zero-order valence-electron chi connectivity index (χ0n) is 7.45. The molecule has 0 amide bonds. The van der Waals surface area contributed by atoms with Crippen LogP contribution in [0.1, 0.15) is 20.3 Å². The minimum Gasteiger partial charge on any atom is -0.367 e. The van der Waals surface area contributed by atoms with Crippen LogP contribution in [0.15, 0.2) is 0 Å². The van der Waals surface area contributed by atoms with Crippen molar-refractivity contribution in [1.82, 2.24) is 0 Å². The Morgan fingerprint density at radius 3 is 2.42 bits per heavy atom. The molecule has 3 atom stereocenters. The Morgan fingerprint density at radius 1 is 1.42 bits per heavy atom. The number of hydrogen-bond donors (Lipinski definition) is 1. The van der Waals surface area contributed by atoms with E-state index < -0.39 is 6.29 Å². The predicted octanol–water partition coefficient (Wildman–Crippen LogP) is 1.00. The number of ether oxygens (including phenoxy) is 1. The number of aliphatic hydroxyl groups excluding tert-OH is 1. The van der Waals surface area contributed by atoms with Crippen molar-refractivity contribution in [3.8, 4) is 24.7 Å². The van der Waals surface area contributed by atoms with Crippen molar-refractivity contribution in [3.63, 3.8) is 0 Å². The fourth-order valence-corrected chi connectivity index (χ4v) is 0.652. The topological polar surface area (TPSA) is 29.5 Å². The first-order valence-corrected chi connectivity index (χ1v) is 3.85. The van der Waals surface area contributed by atoms with Gasteiger partial charge in [0.05, 0.1) is 12.0 Å². The molecule has 0 saturated carbocycles. The average Bonchev–Trinajstić information content (AvgIpc) is 2.03. The summed E-state index contributed by atoms with van der Waals surface area (Å²) in [4.78, 5) is 0. The number of aliphatic hydroxyl groups is 1. The van der Waals surface area contributed by atoms with Gasteiger partial charge in [0, 0.05) is 6.42 Å². The smallest absolute Gasteiger partial charge is 0.168 e. The Hall–Kier alpha value is -0.960. The molecule has 0 aromatic rings. The van der Waals surface area contributed by atoms with Crippen LogP contribution in [0.3, 0.4) is 0 Å². The molecule has 0 radical (unpaired) electrons. The highest BCUT2D eigenvalue weighted by Gasteiger charge is 2.14. The van der Waals surface area contributed by atoms with Gasteiger partial charge in [-0.2, -0.15) is 0 Å². The van der Waals surface area contributed by atoms with E-state index in [-0.39, 0.29) is 12.0 Å². The van der Waals surface area contributed by atoms with E-state index in [0.29, 0.717) is 6.42 Å². The molecule has 66 valence electrons. The summed E-state index contributed by atoms with van der Waals surface area (Å²) in [7, 11) is 0. The maximum Gasteiger partial charge on any atom is 0.168 e. The van der Waals surface area contributed by atoms with Crippen LogP contribution in [0.4, 0.5) is 0 Å². The first-order chi connectivity index (χ1) is 5.61. The van der Waals surface area contributed by atoms with E-state index in [1.807, 2.05) is 0 Å². The van der Waals surface area contributed by atoms with Crippen molar-refractivity contribution in [3.05, 3.63) is 0 Å². The third-order valence-corrected chi connectivity index (χ3v) is 1.47. The normalized spacial score (nSPS) is 17.1. The molecular formula is C10H14O2. The fraction of sp³-hybridized carbons (Fsp3) is 0.600. The second-order valence-electron chi connectivity index (χ2n) is 2.70. The molecule has 2 nitrogen and oxygen atoms in total. The van der Waals surface area contributed by atoms with Crippen molar-refractivity contribution < 1.29 is 9.84 Å². The standard InChI is InChI=1S/C10H14O2/c1-5-7-9(4)12-10(11)8(3)6-2/h1-2,8-11H,7H2,3-4H3. The third kappa shape index (κ3) is 4.03. The monoisotopic (exact) mass is 166 g/mol. The molecule has 0 aliphatic heterocycles. The lowest BCUT2D eigenvalue weighted by atomic mass is 10.2. The Kier molecular flexibility index (Phi) is 5.21. The maximum absolute atomic E-state index is 9.28. The van der Waals surface area contributed by atoms with Crippen LogP contribution in [0.5, 0.6) is 0 Å². The number of hydrogen-bond acceptors (Lipinski definition) is 2. The quantitative estimate of drug-likeness (QED) is 0.498. The second-order valence-corrected chi connectivity index (χ2v) is 2.70. The van der Waals surface area contributed by atoms with Crippen LogP contribution in [0, 0.1) is 30.6 Å². The molecule has 0 aromatic carbocycles. The van der Waals surface area contributed by atoms with Crippen LogP contribution < -0.4 is 0 Å². The van der Waals surface area contributed by atoms with Crippen LogP contribution in [0.2, 0.25) is 0 Å². The van der Waals surface area contributed by atoms with Gasteiger partial charge in [-0.05, 0) is 13.8 Å². The lowest BCUT2D eigenvalue weighted by Gasteiger charge is -2.18. The first kappa shape index (κ1) is 11.0. The molecule has 0 fully saturated rings. The minimum absolute atomic E-state index is 0.152. The Labute approximate surface area is 73.9 Å². The van der Waals surface area contributed by atoms with E-state index in [2.05, 4.69) is 11.8 Å². The van der Waals surface area contributed by atoms with Gasteiger partial charge in [-0.1, -0.05) is 5.92 Å². The molecule has 3 unspecified atom stereocenters. The summed E-state index contributed by atoms with van der Waals surface area (Å²) in [5.41, 5.74) is 0. The molecule has 0 bridgehead atoms. The van der Waals surface area contributed by atoms with Gasteiger partial charge < -0.3 is 9.84 Å². The molecule has 0 rings (SSSR count). The van der Waals surface area contributed by atoms with Crippen molar-refractivity contribution in [2.75, 3.05) is 0 Å². The van der Waals surface area contributed by atoms with Gasteiger partial charge in [0.2, 0.25) is 0 Å². The summed E-state index contributed by atoms with van der Waals surface area (Å²) in [5, 5.41) is 9.28. The molecule has 2 heteroatoms. The molecule has 0 aliphatic rings. The summed E-state index contributed by atoms with van der Waals surface area (Å²) in [6, 6.07) is 0. The molecule has 0 saturated heterocycles. The van der Waals surface area contributed by atoms with E-state index in [9.17, 15) is 5.11 Å². The number of terminal acetylenes is 2. The maximum atomic E-state index is 9.28. The Balaban J connectivity index is 3.78. The summed E-state index contributed by atoms with van der Waals surface area (Å²) in [5.74, 6) is 4.53. The molecule has 0 aromatic heterocycles. The van der Waals surface area contributed by atoms with Gasteiger partial charge in [0.1, 0.15) is 0 Å². The van der Waals surface area contributed by atoms with Crippen molar-refractivity contribution in [2.45, 2.75) is 32.7 Å². The molecule has 0 heterocycles. The highest BCUT2D eigenvalue weighted by molar-refractivity contribution is 4.92. The lowest BCUT2D eigenvalue weighted by Crippen LogP contribution is -2.24. The van der Waals surface area contributed by atoms with Gasteiger partial charge >= 0.3 is 0 Å². The van der Waals surface area contributed by atoms with Crippen LogP contribution in [-0.4, -0.2) is 17.5 Å². The van der Waals surface area contributed by atoms with E-state index >= 15 is 0 Å². The predicted molar refractivity (Wildman–Crippen MR) is 48.0 cm³/mol. The zero-order chi connectivity index (χ0) is 9.56. The number of rotatable bonds is 4. The van der Waals surface area contributed by atoms with Crippen LogP contribution in [-0.2, 0) is 4.74 Å². The molecule has 0 spiro atoms. The Morgan fingerprint density at radius 2 is 2.00 bits per heavy atom. The summed E-state index contributed by atoms with van der Waals surface area (Å²) in [6.45, 7) is 3.51. The van der Waals surface area contributed by atoms with E-state index in [1.165, 1.54) is 0 Å². The van der Waals surface area contributed by atoms with E-state index in [0.717, 1.165) is 0 Å². The average molecular weight is 166 g/mol. The molecule has 0 aliphatic carbocycles. The zero-order valence-corrected chi connectivity index (χ0v) is 7.45. The SMILES string of the molecule is C#CCC(C)OC(O)C(C)C#C. The minimum atomic E-state index is -0.918. The third-order valence-electron chi connectivity index (χ3n) is 1.47. The van der Waals surface area contributed by atoms with Crippen molar-refractivity contribution >= 4 is 0 Å². The summed E-state index contributed by atoms with van der Waals surface area (Å²) in [6.07, 6.45) is 9.56. The van der Waals surface area contributed by atoms with Gasteiger partial charge in [0.15, 0.2) is 6.29 Å². The second kappa shape index (κ2) is 5.66. The van der Waals surface area contributed by atoms with Crippen molar-refractivity contribution in [1.29, 1.82) is 0 Å². The largest absolute Gasteiger partial charge is 0.367 e. The van der Waals surface area contributed by atoms with Gasteiger partial charge in [0.25, 0.3) is 0 Å². The molecule has 1 N–H and O–H groups in total. The van der Waals surface area contributed by atoms with Gasteiger partial charge in [-0.15, -0.1) is 18.8 Å². The fourth-order valence-electron chi connectivity index (χ4n) is 0.652.